The molecule has 0 aliphatic rings. The van der Waals surface area contributed by atoms with Gasteiger partial charge in [0, 0.05) is 49.5 Å². The summed E-state index contributed by atoms with van der Waals surface area (Å²) in [6.45, 7) is 0.869. The normalized spacial score (nSPS) is 10.7. The van der Waals surface area contributed by atoms with E-state index in [2.05, 4.69) is 15.5 Å². The van der Waals surface area contributed by atoms with Crippen LogP contribution in [0.5, 0.6) is 5.75 Å². The number of rotatable bonds is 11. The zero-order valence-corrected chi connectivity index (χ0v) is 19.3. The van der Waals surface area contributed by atoms with Crippen LogP contribution in [0.2, 0.25) is 0 Å². The van der Waals surface area contributed by atoms with E-state index in [1.54, 1.807) is 49.9 Å². The predicted molar refractivity (Wildman–Crippen MR) is 128 cm³/mol. The van der Waals surface area contributed by atoms with Crippen molar-refractivity contribution < 1.29 is 23.3 Å². The monoisotopic (exact) mass is 474 g/mol. The number of nitrogens with zero attached hydrogens (tertiary/aromatic N) is 3. The lowest BCUT2D eigenvalue weighted by molar-refractivity contribution is -0.121. The summed E-state index contributed by atoms with van der Waals surface area (Å²) < 4.78 is 16.0. The summed E-state index contributed by atoms with van der Waals surface area (Å²) >= 11 is 0. The second kappa shape index (κ2) is 11.6. The molecule has 0 radical (unpaired) electrons. The highest BCUT2D eigenvalue weighted by Gasteiger charge is 2.22. The van der Waals surface area contributed by atoms with Crippen molar-refractivity contribution >= 4 is 11.8 Å². The van der Waals surface area contributed by atoms with Gasteiger partial charge in [-0.15, -0.1) is 0 Å². The lowest BCUT2D eigenvalue weighted by Gasteiger charge is -2.20. The van der Waals surface area contributed by atoms with Crippen molar-refractivity contribution in [1.82, 2.24) is 20.4 Å². The third kappa shape index (κ3) is 6.57. The summed E-state index contributed by atoms with van der Waals surface area (Å²) in [4.78, 5) is 31.4. The number of nitrogens with one attached hydrogen (secondary N) is 1. The van der Waals surface area contributed by atoms with Crippen molar-refractivity contribution in [3.05, 3.63) is 90.3 Å². The molecule has 2 amide bonds. The molecule has 9 heteroatoms. The van der Waals surface area contributed by atoms with Gasteiger partial charge in [-0.05, 0) is 48.5 Å². The summed E-state index contributed by atoms with van der Waals surface area (Å²) in [5.74, 6) is 1.27. The fourth-order valence-corrected chi connectivity index (χ4v) is 3.47. The van der Waals surface area contributed by atoms with Gasteiger partial charge < -0.3 is 23.9 Å². The van der Waals surface area contributed by atoms with Crippen LogP contribution < -0.4 is 10.1 Å². The maximum atomic E-state index is 13.2. The topological polar surface area (TPSA) is 111 Å². The molecule has 1 N–H and O–H groups in total. The molecule has 3 heterocycles. The van der Waals surface area contributed by atoms with Crippen molar-refractivity contribution in [1.29, 1.82) is 0 Å². The maximum Gasteiger partial charge on any atom is 0.276 e. The minimum absolute atomic E-state index is 0.137. The number of furan rings is 1. The second-order valence-corrected chi connectivity index (χ2v) is 7.78. The molecule has 0 saturated carbocycles. The number of carbonyl (C=O) groups excluding carboxylic acids is 2. The Hall–Kier alpha value is -4.40. The highest BCUT2D eigenvalue weighted by molar-refractivity contribution is 5.93. The van der Waals surface area contributed by atoms with Crippen LogP contribution in [0.15, 0.2) is 82.1 Å². The van der Waals surface area contributed by atoms with E-state index < -0.39 is 0 Å². The smallest absolute Gasteiger partial charge is 0.276 e. The molecule has 9 nitrogen and oxygen atoms in total. The summed E-state index contributed by atoms with van der Waals surface area (Å²) in [5.41, 5.74) is 1.82. The molecule has 0 unspecified atom stereocenters. The highest BCUT2D eigenvalue weighted by Crippen LogP contribution is 2.24. The molecule has 0 bridgehead atoms. The molecule has 0 fully saturated rings. The molecule has 4 rings (SSSR count). The van der Waals surface area contributed by atoms with E-state index in [0.717, 1.165) is 11.3 Å². The van der Waals surface area contributed by atoms with E-state index >= 15 is 0 Å². The first-order valence-corrected chi connectivity index (χ1v) is 11.2. The second-order valence-electron chi connectivity index (χ2n) is 7.78. The molecule has 180 valence electrons. The van der Waals surface area contributed by atoms with Crippen LogP contribution >= 0.6 is 0 Å². The zero-order chi connectivity index (χ0) is 24.5. The van der Waals surface area contributed by atoms with E-state index in [0.29, 0.717) is 30.2 Å². The van der Waals surface area contributed by atoms with Gasteiger partial charge in [-0.2, -0.15) is 0 Å². The number of hydrogen-bond acceptors (Lipinski definition) is 7. The van der Waals surface area contributed by atoms with Gasteiger partial charge in [0.1, 0.15) is 11.5 Å². The molecule has 0 aliphatic carbocycles. The molecule has 0 spiro atoms. The molecule has 0 saturated heterocycles. The van der Waals surface area contributed by atoms with E-state index in [1.807, 2.05) is 30.3 Å². The van der Waals surface area contributed by atoms with E-state index in [1.165, 1.54) is 4.90 Å². The lowest BCUT2D eigenvalue weighted by atomic mass is 10.1. The largest absolute Gasteiger partial charge is 0.497 e. The number of pyridine rings is 1. The van der Waals surface area contributed by atoms with Crippen molar-refractivity contribution in [3.63, 3.8) is 0 Å². The van der Waals surface area contributed by atoms with Gasteiger partial charge >= 0.3 is 0 Å². The fourth-order valence-electron chi connectivity index (χ4n) is 3.47. The van der Waals surface area contributed by atoms with E-state index in [4.69, 9.17) is 13.7 Å². The van der Waals surface area contributed by atoms with Gasteiger partial charge in [-0.25, -0.2) is 0 Å². The Morgan fingerprint density at radius 1 is 1.09 bits per heavy atom. The van der Waals surface area contributed by atoms with Crippen LogP contribution in [-0.4, -0.2) is 47.1 Å². The first-order valence-electron chi connectivity index (χ1n) is 11.2. The highest BCUT2D eigenvalue weighted by atomic mass is 16.5. The molecule has 1 aromatic carbocycles. The summed E-state index contributed by atoms with van der Waals surface area (Å²) in [6.07, 6.45) is 4.03. The Balaban J connectivity index is 1.38. The maximum absolute atomic E-state index is 13.2. The van der Waals surface area contributed by atoms with Crippen molar-refractivity contribution in [3.8, 4) is 17.1 Å². The Morgan fingerprint density at radius 3 is 2.66 bits per heavy atom. The van der Waals surface area contributed by atoms with Gasteiger partial charge in [0.25, 0.3) is 5.91 Å². The van der Waals surface area contributed by atoms with Gasteiger partial charge in [0.15, 0.2) is 11.5 Å². The minimum Gasteiger partial charge on any atom is -0.497 e. The quantitative estimate of drug-likeness (QED) is 0.353. The standard InChI is InChI=1S/C26H26N4O5/c1-33-21-9-7-19(8-10-21)24-17-23(29-35-24)26(32)30(18-22-6-4-16-34-22)15-12-25(31)28-14-11-20-5-2-3-13-27-20/h2-10,13,16-17H,11-12,14-15,18H2,1H3,(H,28,31). The van der Waals surface area contributed by atoms with Crippen LogP contribution in [0.3, 0.4) is 0 Å². The number of methoxy groups -OCH3 is 1. The van der Waals surface area contributed by atoms with Crippen molar-refractivity contribution in [2.45, 2.75) is 19.4 Å². The molecule has 3 aromatic heterocycles. The van der Waals surface area contributed by atoms with Crippen LogP contribution in [0.1, 0.15) is 28.4 Å². The van der Waals surface area contributed by atoms with Gasteiger partial charge in [-0.3, -0.25) is 14.6 Å². The van der Waals surface area contributed by atoms with E-state index in [9.17, 15) is 9.59 Å². The van der Waals surface area contributed by atoms with Crippen LogP contribution in [0.4, 0.5) is 0 Å². The van der Waals surface area contributed by atoms with Crippen LogP contribution in [0.25, 0.3) is 11.3 Å². The molecule has 4 aromatic rings. The van der Waals surface area contributed by atoms with Crippen molar-refractivity contribution in [2.75, 3.05) is 20.2 Å². The SMILES string of the molecule is COc1ccc(-c2cc(C(=O)N(CCC(=O)NCCc3ccccn3)Cc3ccco3)no2)cc1. The summed E-state index contributed by atoms with van der Waals surface area (Å²) in [5, 5.41) is 6.83. The van der Waals surface area contributed by atoms with Crippen LogP contribution in [-0.2, 0) is 17.8 Å². The number of hydrogen-bond donors (Lipinski definition) is 1. The first kappa shape index (κ1) is 23.7. The average Bonchev–Trinajstić information content (AvgIpc) is 3.59. The number of benzene rings is 1. The average molecular weight is 475 g/mol. The number of carbonyl (C=O) groups is 2. The van der Waals surface area contributed by atoms with Crippen LogP contribution in [0, 0.1) is 0 Å². The van der Waals surface area contributed by atoms with Gasteiger partial charge in [0.05, 0.1) is 19.9 Å². The molecule has 0 aliphatic heterocycles. The molecular formula is C26H26N4O5. The van der Waals surface area contributed by atoms with E-state index in [-0.39, 0.29) is 37.0 Å². The third-order valence-electron chi connectivity index (χ3n) is 5.36. The zero-order valence-electron chi connectivity index (χ0n) is 19.3. The number of aromatic nitrogens is 2. The van der Waals surface area contributed by atoms with Crippen molar-refractivity contribution in [2.24, 2.45) is 0 Å². The summed E-state index contributed by atoms with van der Waals surface area (Å²) in [6, 6.07) is 18.0. The summed E-state index contributed by atoms with van der Waals surface area (Å²) in [7, 11) is 1.59. The Morgan fingerprint density at radius 2 is 1.94 bits per heavy atom. The Labute approximate surface area is 202 Å². The minimum atomic E-state index is -0.355. The fraction of sp³-hybridized carbons (Fsp3) is 0.231. The predicted octanol–water partition coefficient (Wildman–Crippen LogP) is 3.73. The van der Waals surface area contributed by atoms with Gasteiger partial charge in [0.2, 0.25) is 5.91 Å². The number of amides is 2. The Kier molecular flexibility index (Phi) is 7.90. The molecule has 35 heavy (non-hydrogen) atoms. The van der Waals surface area contributed by atoms with Gasteiger partial charge in [-0.1, -0.05) is 11.2 Å². The third-order valence-corrected chi connectivity index (χ3v) is 5.36. The molecule has 0 atom stereocenters. The Bertz CT molecular complexity index is 1220. The lowest BCUT2D eigenvalue weighted by Crippen LogP contribution is -2.35. The first-order chi connectivity index (χ1) is 17.1. The number of ether oxygens (including phenoxy) is 1. The molecular weight excluding hydrogens is 448 g/mol.